The van der Waals surface area contributed by atoms with E-state index in [-0.39, 0.29) is 12.2 Å². The Morgan fingerprint density at radius 3 is 2.77 bits per heavy atom. The van der Waals surface area contributed by atoms with Crippen molar-refractivity contribution >= 4 is 17.1 Å². The molecular formula is C24H18FN3OS. The van der Waals surface area contributed by atoms with E-state index in [9.17, 15) is 9.18 Å². The third-order valence-electron chi connectivity index (χ3n) is 5.35. The van der Waals surface area contributed by atoms with Crippen LogP contribution in [-0.4, -0.2) is 20.7 Å². The van der Waals surface area contributed by atoms with Gasteiger partial charge in [0.25, 0.3) is 0 Å². The number of pyridine rings is 2. The van der Waals surface area contributed by atoms with Gasteiger partial charge in [-0.3, -0.25) is 14.8 Å². The zero-order valence-corrected chi connectivity index (χ0v) is 17.0. The van der Waals surface area contributed by atoms with Crippen LogP contribution in [0.3, 0.4) is 0 Å². The summed E-state index contributed by atoms with van der Waals surface area (Å²) in [6.45, 7) is 0. The van der Waals surface area contributed by atoms with Crippen LogP contribution in [0.4, 0.5) is 4.39 Å². The van der Waals surface area contributed by atoms with Gasteiger partial charge in [0.05, 0.1) is 16.8 Å². The largest absolute Gasteiger partial charge is 0.291 e. The van der Waals surface area contributed by atoms with Crippen LogP contribution in [0.1, 0.15) is 33.0 Å². The second-order valence-corrected chi connectivity index (χ2v) is 8.33. The number of hydrogen-bond donors (Lipinski definition) is 0. The van der Waals surface area contributed by atoms with E-state index >= 15 is 0 Å². The summed E-state index contributed by atoms with van der Waals surface area (Å²) in [7, 11) is 0. The summed E-state index contributed by atoms with van der Waals surface area (Å²) < 4.78 is 13.9. The molecule has 0 saturated carbocycles. The molecule has 0 spiro atoms. The van der Waals surface area contributed by atoms with Gasteiger partial charge in [-0.1, -0.05) is 18.2 Å². The van der Waals surface area contributed by atoms with E-state index in [1.165, 1.54) is 23.1 Å². The molecule has 0 unspecified atom stereocenters. The number of hydrogen-bond acceptors (Lipinski definition) is 5. The number of halogens is 1. The first-order chi connectivity index (χ1) is 14.7. The fourth-order valence-corrected chi connectivity index (χ4v) is 4.91. The average Bonchev–Trinajstić information content (AvgIpc) is 3.13. The summed E-state index contributed by atoms with van der Waals surface area (Å²) in [6.07, 6.45) is 9.04. The molecule has 0 radical (unpaired) electrons. The van der Waals surface area contributed by atoms with Crippen molar-refractivity contribution in [3.05, 3.63) is 88.8 Å². The second-order valence-electron chi connectivity index (χ2n) is 7.33. The van der Waals surface area contributed by atoms with Crippen LogP contribution in [-0.2, 0) is 19.3 Å². The van der Waals surface area contributed by atoms with Crippen molar-refractivity contribution in [2.75, 3.05) is 0 Å². The molecule has 3 heterocycles. The highest BCUT2D eigenvalue weighted by atomic mass is 32.1. The topological polar surface area (TPSA) is 55.7 Å². The molecule has 6 heteroatoms. The van der Waals surface area contributed by atoms with Gasteiger partial charge in [0.1, 0.15) is 5.82 Å². The molecule has 1 aliphatic carbocycles. The minimum absolute atomic E-state index is 0.0106. The minimum atomic E-state index is -0.463. The molecule has 30 heavy (non-hydrogen) atoms. The number of benzene rings is 1. The van der Waals surface area contributed by atoms with Gasteiger partial charge in [-0.05, 0) is 59.7 Å². The number of aromatic nitrogens is 3. The van der Waals surface area contributed by atoms with Gasteiger partial charge in [-0.15, -0.1) is 11.3 Å². The van der Waals surface area contributed by atoms with Gasteiger partial charge in [0.15, 0.2) is 10.8 Å². The first-order valence-corrected chi connectivity index (χ1v) is 10.7. The standard InChI is InChI=1S/C24H18FN3OS/c25-20-14-27-10-8-17(20)12-22(29)24-28-21-5-1-3-15-6-7-16(11-19(15)23(21)30-24)18-4-2-9-26-13-18/h2,4,6-11,13-14H,1,3,5,12H2. The molecule has 0 aliphatic heterocycles. The normalized spacial score (nSPS) is 12.7. The van der Waals surface area contributed by atoms with E-state index in [0.717, 1.165) is 52.7 Å². The average molecular weight is 415 g/mol. The van der Waals surface area contributed by atoms with Crippen molar-refractivity contribution in [3.63, 3.8) is 0 Å². The van der Waals surface area contributed by atoms with E-state index < -0.39 is 5.82 Å². The Kier molecular flexibility index (Phi) is 4.93. The molecule has 0 bridgehead atoms. The molecule has 0 amide bonds. The van der Waals surface area contributed by atoms with E-state index in [2.05, 4.69) is 33.2 Å². The van der Waals surface area contributed by atoms with Crippen LogP contribution < -0.4 is 0 Å². The van der Waals surface area contributed by atoms with Crippen LogP contribution in [0.25, 0.3) is 21.6 Å². The molecule has 3 aromatic heterocycles. The quantitative estimate of drug-likeness (QED) is 0.423. The number of Topliss-reactive ketones (excluding diaryl/α,β-unsaturated/α-hetero) is 1. The van der Waals surface area contributed by atoms with Crippen molar-refractivity contribution < 1.29 is 9.18 Å². The number of aryl methyl sites for hydroxylation is 2. The third kappa shape index (κ3) is 3.55. The van der Waals surface area contributed by atoms with Crippen molar-refractivity contribution in [3.8, 4) is 21.6 Å². The minimum Gasteiger partial charge on any atom is -0.291 e. The van der Waals surface area contributed by atoms with Crippen LogP contribution in [0.2, 0.25) is 0 Å². The van der Waals surface area contributed by atoms with Gasteiger partial charge in [-0.25, -0.2) is 9.37 Å². The van der Waals surface area contributed by atoms with Crippen LogP contribution in [0.5, 0.6) is 0 Å². The Bertz CT molecular complexity index is 1240. The van der Waals surface area contributed by atoms with E-state index in [1.807, 2.05) is 18.3 Å². The summed E-state index contributed by atoms with van der Waals surface area (Å²) in [5.74, 6) is -0.626. The second kappa shape index (κ2) is 7.88. The number of nitrogens with zero attached hydrogens (tertiary/aromatic N) is 3. The zero-order valence-electron chi connectivity index (χ0n) is 16.1. The fourth-order valence-electron chi connectivity index (χ4n) is 3.81. The maximum atomic E-state index is 13.9. The van der Waals surface area contributed by atoms with E-state index in [0.29, 0.717) is 10.6 Å². The van der Waals surface area contributed by atoms with E-state index in [1.54, 1.807) is 12.3 Å². The first kappa shape index (κ1) is 18.8. The lowest BCUT2D eigenvalue weighted by Crippen LogP contribution is -2.05. The Balaban J connectivity index is 1.52. The summed E-state index contributed by atoms with van der Waals surface area (Å²) >= 11 is 1.41. The van der Waals surface area contributed by atoms with Gasteiger partial charge < -0.3 is 0 Å². The van der Waals surface area contributed by atoms with Gasteiger partial charge in [0.2, 0.25) is 0 Å². The lowest BCUT2D eigenvalue weighted by atomic mass is 9.98. The van der Waals surface area contributed by atoms with Crippen LogP contribution in [0.15, 0.2) is 61.2 Å². The lowest BCUT2D eigenvalue weighted by Gasteiger charge is -2.09. The summed E-state index contributed by atoms with van der Waals surface area (Å²) in [5, 5.41) is 0.441. The summed E-state index contributed by atoms with van der Waals surface area (Å²) in [6, 6.07) is 12.0. The van der Waals surface area contributed by atoms with Crippen molar-refractivity contribution in [1.82, 2.24) is 15.0 Å². The Morgan fingerprint density at radius 1 is 1.03 bits per heavy atom. The molecule has 0 atom stereocenters. The van der Waals surface area contributed by atoms with Crippen molar-refractivity contribution in [2.45, 2.75) is 25.7 Å². The molecular weight excluding hydrogens is 397 g/mol. The van der Waals surface area contributed by atoms with E-state index in [4.69, 9.17) is 0 Å². The summed E-state index contributed by atoms with van der Waals surface area (Å²) in [4.78, 5) is 26.5. The molecule has 0 N–H and O–H groups in total. The SMILES string of the molecule is O=C(Cc1ccncc1F)c1nc2c(s1)-c1cc(-c3cccnc3)ccc1CCC2. The van der Waals surface area contributed by atoms with Gasteiger partial charge in [0, 0.05) is 30.6 Å². The predicted molar refractivity (Wildman–Crippen MR) is 115 cm³/mol. The van der Waals surface area contributed by atoms with Crippen molar-refractivity contribution in [1.29, 1.82) is 0 Å². The molecule has 4 aromatic rings. The van der Waals surface area contributed by atoms with Crippen LogP contribution in [0, 0.1) is 5.82 Å². The maximum absolute atomic E-state index is 13.9. The zero-order chi connectivity index (χ0) is 20.5. The molecule has 1 aliphatic rings. The highest BCUT2D eigenvalue weighted by Gasteiger charge is 2.23. The monoisotopic (exact) mass is 415 g/mol. The number of carbonyl (C=O) groups excluding carboxylic acids is 1. The Morgan fingerprint density at radius 2 is 1.93 bits per heavy atom. The lowest BCUT2D eigenvalue weighted by molar-refractivity contribution is 0.0991. The number of carbonyl (C=O) groups is 1. The molecule has 0 saturated heterocycles. The highest BCUT2D eigenvalue weighted by molar-refractivity contribution is 7.17. The Labute approximate surface area is 177 Å². The predicted octanol–water partition coefficient (Wildman–Crippen LogP) is 5.32. The maximum Gasteiger partial charge on any atom is 0.195 e. The van der Waals surface area contributed by atoms with Gasteiger partial charge >= 0.3 is 0 Å². The number of rotatable bonds is 4. The molecule has 4 nitrogen and oxygen atoms in total. The number of ketones is 1. The van der Waals surface area contributed by atoms with Gasteiger partial charge in [-0.2, -0.15) is 0 Å². The molecule has 5 rings (SSSR count). The number of fused-ring (bicyclic) bond motifs is 3. The number of thiazole rings is 1. The molecule has 1 aromatic carbocycles. The van der Waals surface area contributed by atoms with Crippen LogP contribution >= 0.6 is 11.3 Å². The fraction of sp³-hybridized carbons (Fsp3) is 0.167. The molecule has 148 valence electrons. The Hall–Kier alpha value is -3.25. The highest BCUT2D eigenvalue weighted by Crippen LogP contribution is 2.39. The third-order valence-corrected chi connectivity index (χ3v) is 6.52. The first-order valence-electron chi connectivity index (χ1n) is 9.84. The molecule has 0 fully saturated rings. The summed E-state index contributed by atoms with van der Waals surface area (Å²) in [5.41, 5.74) is 5.86. The van der Waals surface area contributed by atoms with Crippen molar-refractivity contribution in [2.24, 2.45) is 0 Å². The smallest absolute Gasteiger partial charge is 0.195 e.